The summed E-state index contributed by atoms with van der Waals surface area (Å²) < 4.78 is 19.0. The van der Waals surface area contributed by atoms with Crippen molar-refractivity contribution in [3.8, 4) is 0 Å². The zero-order valence-electron chi connectivity index (χ0n) is 11.4. The van der Waals surface area contributed by atoms with E-state index >= 15 is 0 Å². The van der Waals surface area contributed by atoms with Gasteiger partial charge in [-0.1, -0.05) is 0 Å². The van der Waals surface area contributed by atoms with Crippen LogP contribution in [0, 0.1) is 5.95 Å². The van der Waals surface area contributed by atoms with Crippen molar-refractivity contribution in [2.75, 3.05) is 19.0 Å². The van der Waals surface area contributed by atoms with Crippen LogP contribution in [0.4, 0.5) is 10.1 Å². The van der Waals surface area contributed by atoms with Crippen molar-refractivity contribution in [2.45, 2.75) is 6.54 Å². The van der Waals surface area contributed by atoms with Gasteiger partial charge < -0.3 is 14.6 Å². The van der Waals surface area contributed by atoms with Crippen LogP contribution in [0.15, 0.2) is 41.5 Å². The topological polar surface area (TPSA) is 73.2 Å². The van der Waals surface area contributed by atoms with Gasteiger partial charge in [0.1, 0.15) is 0 Å². The Kier molecular flexibility index (Phi) is 4.78. The summed E-state index contributed by atoms with van der Waals surface area (Å²) in [5, 5.41) is 2.62. The van der Waals surface area contributed by atoms with Crippen molar-refractivity contribution in [1.82, 2.24) is 9.55 Å². The average molecular weight is 291 g/mol. The fraction of sp³-hybridized carbons (Fsp3) is 0.214. The summed E-state index contributed by atoms with van der Waals surface area (Å²) in [6.07, 6.45) is 2.67. The van der Waals surface area contributed by atoms with Gasteiger partial charge in [0.2, 0.25) is 5.95 Å². The maximum atomic E-state index is 12.7. The molecule has 0 atom stereocenters. The fourth-order valence-corrected chi connectivity index (χ4v) is 1.68. The van der Waals surface area contributed by atoms with E-state index in [0.29, 0.717) is 18.8 Å². The summed E-state index contributed by atoms with van der Waals surface area (Å²) in [5.41, 5.74) is 0.500. The fourth-order valence-electron chi connectivity index (χ4n) is 1.68. The van der Waals surface area contributed by atoms with E-state index in [4.69, 9.17) is 4.74 Å². The van der Waals surface area contributed by atoms with Gasteiger partial charge in [0.05, 0.1) is 17.9 Å². The second-order valence-electron chi connectivity index (χ2n) is 4.27. The minimum Gasteiger partial charge on any atom is -0.383 e. The van der Waals surface area contributed by atoms with Crippen molar-refractivity contribution in [3.63, 3.8) is 0 Å². The molecule has 0 unspecified atom stereocenters. The first-order chi connectivity index (χ1) is 10.1. The molecule has 2 aromatic rings. The average Bonchev–Trinajstić information content (AvgIpc) is 2.48. The lowest BCUT2D eigenvalue weighted by Gasteiger charge is -2.09. The monoisotopic (exact) mass is 291 g/mol. The van der Waals surface area contributed by atoms with Crippen LogP contribution >= 0.6 is 0 Å². The first kappa shape index (κ1) is 14.9. The summed E-state index contributed by atoms with van der Waals surface area (Å²) in [6, 6.07) is 5.29. The molecule has 0 bridgehead atoms. The molecule has 2 heterocycles. The number of nitrogens with one attached hydrogen (secondary N) is 1. The highest BCUT2D eigenvalue weighted by Crippen LogP contribution is 2.07. The zero-order valence-corrected chi connectivity index (χ0v) is 11.4. The molecule has 2 aromatic heterocycles. The summed E-state index contributed by atoms with van der Waals surface area (Å²) in [6.45, 7) is 0.774. The molecule has 21 heavy (non-hydrogen) atoms. The molecule has 6 nitrogen and oxygen atoms in total. The highest BCUT2D eigenvalue weighted by atomic mass is 19.1. The van der Waals surface area contributed by atoms with Crippen LogP contribution in [-0.2, 0) is 11.3 Å². The third kappa shape index (κ3) is 3.96. The van der Waals surface area contributed by atoms with E-state index < -0.39 is 11.9 Å². The molecule has 0 radical (unpaired) electrons. The SMILES string of the molecule is COCCn1cc(NC(=O)c2ccc(F)nc2)ccc1=O. The van der Waals surface area contributed by atoms with Crippen LogP contribution in [0.25, 0.3) is 0 Å². The van der Waals surface area contributed by atoms with Gasteiger partial charge in [-0.05, 0) is 18.2 Å². The number of aromatic nitrogens is 2. The van der Waals surface area contributed by atoms with Crippen molar-refractivity contribution >= 4 is 11.6 Å². The van der Waals surface area contributed by atoms with Crippen LogP contribution in [-0.4, -0.2) is 29.2 Å². The summed E-state index contributed by atoms with van der Waals surface area (Å²) in [4.78, 5) is 27.0. The molecule has 0 aliphatic heterocycles. The van der Waals surface area contributed by atoms with Crippen LogP contribution in [0.1, 0.15) is 10.4 Å². The molecule has 0 spiro atoms. The van der Waals surface area contributed by atoms with E-state index in [1.807, 2.05) is 0 Å². The van der Waals surface area contributed by atoms with Crippen LogP contribution in [0.5, 0.6) is 0 Å². The number of methoxy groups -OCH3 is 1. The number of hydrogen-bond acceptors (Lipinski definition) is 4. The lowest BCUT2D eigenvalue weighted by atomic mass is 10.2. The number of carbonyl (C=O) groups is 1. The first-order valence-corrected chi connectivity index (χ1v) is 6.22. The van der Waals surface area contributed by atoms with Gasteiger partial charge in [0.15, 0.2) is 0 Å². The predicted octanol–water partition coefficient (Wildman–Crippen LogP) is 1.28. The molecule has 2 rings (SSSR count). The number of nitrogens with zero attached hydrogens (tertiary/aromatic N) is 2. The van der Waals surface area contributed by atoms with Crippen LogP contribution in [0.2, 0.25) is 0 Å². The Morgan fingerprint density at radius 2 is 2.19 bits per heavy atom. The third-order valence-corrected chi connectivity index (χ3v) is 2.77. The number of hydrogen-bond donors (Lipinski definition) is 1. The minimum atomic E-state index is -0.653. The Balaban J connectivity index is 2.13. The van der Waals surface area contributed by atoms with Crippen molar-refractivity contribution in [1.29, 1.82) is 0 Å². The summed E-state index contributed by atoms with van der Waals surface area (Å²) >= 11 is 0. The lowest BCUT2D eigenvalue weighted by molar-refractivity contribution is 0.102. The summed E-state index contributed by atoms with van der Waals surface area (Å²) in [5.74, 6) is -1.08. The van der Waals surface area contributed by atoms with E-state index in [-0.39, 0.29) is 11.1 Å². The normalized spacial score (nSPS) is 10.4. The highest BCUT2D eigenvalue weighted by Gasteiger charge is 2.08. The van der Waals surface area contributed by atoms with Gasteiger partial charge in [-0.2, -0.15) is 4.39 Å². The second kappa shape index (κ2) is 6.76. The Labute approximate surface area is 120 Å². The molecule has 0 aliphatic carbocycles. The van der Waals surface area contributed by atoms with Gasteiger partial charge in [-0.25, -0.2) is 4.98 Å². The van der Waals surface area contributed by atoms with Crippen LogP contribution < -0.4 is 10.9 Å². The smallest absolute Gasteiger partial charge is 0.257 e. The number of halogens is 1. The minimum absolute atomic E-state index is 0.187. The van der Waals surface area contributed by atoms with Gasteiger partial charge >= 0.3 is 0 Å². The van der Waals surface area contributed by atoms with Crippen molar-refractivity contribution < 1.29 is 13.9 Å². The molecule has 0 fully saturated rings. The van der Waals surface area contributed by atoms with E-state index in [0.717, 1.165) is 12.3 Å². The molecule has 7 heteroatoms. The molecule has 0 aromatic carbocycles. The Hall–Kier alpha value is -2.54. The molecular formula is C14H14FN3O3. The van der Waals surface area contributed by atoms with Crippen molar-refractivity contribution in [2.24, 2.45) is 0 Å². The number of pyridine rings is 2. The second-order valence-corrected chi connectivity index (χ2v) is 4.27. The van der Waals surface area contributed by atoms with E-state index in [9.17, 15) is 14.0 Å². The maximum absolute atomic E-state index is 12.7. The van der Waals surface area contributed by atoms with Gasteiger partial charge in [-0.15, -0.1) is 0 Å². The van der Waals surface area contributed by atoms with Gasteiger partial charge in [-0.3, -0.25) is 9.59 Å². The Morgan fingerprint density at radius 1 is 1.38 bits per heavy atom. The van der Waals surface area contributed by atoms with E-state index in [1.165, 1.54) is 36.1 Å². The van der Waals surface area contributed by atoms with E-state index in [2.05, 4.69) is 10.3 Å². The van der Waals surface area contributed by atoms with E-state index in [1.54, 1.807) is 0 Å². The van der Waals surface area contributed by atoms with Gasteiger partial charge in [0.25, 0.3) is 11.5 Å². The molecule has 110 valence electrons. The number of rotatable bonds is 5. The quantitative estimate of drug-likeness (QED) is 0.842. The standard InChI is InChI=1S/C14H14FN3O3/c1-21-7-6-18-9-11(3-5-13(18)19)17-14(20)10-2-4-12(15)16-8-10/h2-5,8-9H,6-7H2,1H3,(H,17,20). The largest absolute Gasteiger partial charge is 0.383 e. The molecule has 0 saturated carbocycles. The van der Waals surface area contributed by atoms with Crippen molar-refractivity contribution in [3.05, 3.63) is 58.5 Å². The molecule has 0 saturated heterocycles. The molecular weight excluding hydrogens is 277 g/mol. The van der Waals surface area contributed by atoms with Gasteiger partial charge in [0, 0.05) is 32.1 Å². The number of carbonyl (C=O) groups excluding carboxylic acids is 1. The molecule has 0 aliphatic rings. The molecule has 1 N–H and O–H groups in total. The number of amides is 1. The summed E-state index contributed by atoms with van der Waals surface area (Å²) in [7, 11) is 1.54. The first-order valence-electron chi connectivity index (χ1n) is 6.22. The van der Waals surface area contributed by atoms with Crippen LogP contribution in [0.3, 0.4) is 0 Å². The Morgan fingerprint density at radius 3 is 2.86 bits per heavy atom. The molecule has 1 amide bonds. The predicted molar refractivity (Wildman–Crippen MR) is 74.7 cm³/mol. The third-order valence-electron chi connectivity index (χ3n) is 2.77. The zero-order chi connectivity index (χ0) is 15.2. The number of anilines is 1. The maximum Gasteiger partial charge on any atom is 0.257 e. The number of ether oxygens (including phenoxy) is 1. The highest BCUT2D eigenvalue weighted by molar-refractivity contribution is 6.03. The lowest BCUT2D eigenvalue weighted by Crippen LogP contribution is -2.22. The Bertz CT molecular complexity index is 683.